The Balaban J connectivity index is 1.63. The second-order valence-corrected chi connectivity index (χ2v) is 6.92. The molecule has 0 radical (unpaired) electrons. The van der Waals surface area contributed by atoms with E-state index in [-0.39, 0.29) is 30.6 Å². The van der Waals surface area contributed by atoms with Gasteiger partial charge in [0.15, 0.2) is 5.76 Å². The molecule has 0 aliphatic heterocycles. The molecular formula is C22H22FNO3. The van der Waals surface area contributed by atoms with Crippen LogP contribution in [-0.4, -0.2) is 12.5 Å². The zero-order valence-electron chi connectivity index (χ0n) is 15.4. The molecule has 140 valence electrons. The van der Waals surface area contributed by atoms with Gasteiger partial charge in [-0.25, -0.2) is 4.39 Å². The number of hydrogen-bond acceptors (Lipinski definition) is 3. The second kappa shape index (κ2) is 8.08. The van der Waals surface area contributed by atoms with E-state index in [4.69, 9.17) is 9.15 Å². The first-order chi connectivity index (χ1) is 13.0. The lowest BCUT2D eigenvalue weighted by Gasteiger charge is -2.26. The van der Waals surface area contributed by atoms with Gasteiger partial charge >= 0.3 is 0 Å². The third-order valence-electron chi connectivity index (χ3n) is 4.38. The van der Waals surface area contributed by atoms with Crippen LogP contribution in [0.3, 0.4) is 0 Å². The van der Waals surface area contributed by atoms with Crippen molar-refractivity contribution >= 4 is 5.91 Å². The van der Waals surface area contributed by atoms with E-state index in [1.54, 1.807) is 24.3 Å². The van der Waals surface area contributed by atoms with E-state index >= 15 is 0 Å². The van der Waals surface area contributed by atoms with Crippen molar-refractivity contribution in [2.45, 2.75) is 25.9 Å². The molecule has 27 heavy (non-hydrogen) atoms. The van der Waals surface area contributed by atoms with Gasteiger partial charge in [-0.1, -0.05) is 50.2 Å². The van der Waals surface area contributed by atoms with Crippen molar-refractivity contribution in [2.75, 3.05) is 6.54 Å². The molecule has 0 unspecified atom stereocenters. The third-order valence-corrected chi connectivity index (χ3v) is 4.38. The lowest BCUT2D eigenvalue weighted by Crippen LogP contribution is -2.37. The number of carbonyl (C=O) groups excluding carboxylic acids is 1. The largest absolute Gasteiger partial charge is 0.489 e. The fourth-order valence-electron chi connectivity index (χ4n) is 2.81. The quantitative estimate of drug-likeness (QED) is 0.658. The van der Waals surface area contributed by atoms with E-state index in [0.29, 0.717) is 16.9 Å². The van der Waals surface area contributed by atoms with E-state index in [0.717, 1.165) is 0 Å². The van der Waals surface area contributed by atoms with Gasteiger partial charge in [-0.2, -0.15) is 0 Å². The predicted octanol–water partition coefficient (Wildman–Crippen LogP) is 4.71. The molecule has 0 bridgehead atoms. The van der Waals surface area contributed by atoms with Crippen molar-refractivity contribution < 1.29 is 18.3 Å². The lowest BCUT2D eigenvalue weighted by atomic mass is 9.84. The molecule has 5 heteroatoms. The summed E-state index contributed by atoms with van der Waals surface area (Å²) in [6.07, 6.45) is 1.46. The summed E-state index contributed by atoms with van der Waals surface area (Å²) in [7, 11) is 0. The number of amides is 1. The molecule has 1 heterocycles. The van der Waals surface area contributed by atoms with Gasteiger partial charge in [0.05, 0.1) is 6.26 Å². The Bertz CT molecular complexity index is 903. The number of hydrogen-bond donors (Lipinski definition) is 1. The molecule has 2 aromatic carbocycles. The number of nitrogens with one attached hydrogen (secondary N) is 1. The molecule has 0 spiro atoms. The maximum Gasteiger partial charge on any atom is 0.287 e. The van der Waals surface area contributed by atoms with Crippen molar-refractivity contribution in [2.24, 2.45) is 0 Å². The van der Waals surface area contributed by atoms with Gasteiger partial charge in [0.1, 0.15) is 18.2 Å². The molecule has 1 N–H and O–H groups in total. The Morgan fingerprint density at radius 1 is 1.07 bits per heavy atom. The van der Waals surface area contributed by atoms with Crippen molar-refractivity contribution in [1.82, 2.24) is 5.32 Å². The molecule has 3 aromatic rings. The molecule has 0 saturated heterocycles. The van der Waals surface area contributed by atoms with E-state index in [1.165, 1.54) is 12.3 Å². The summed E-state index contributed by atoms with van der Waals surface area (Å²) in [5, 5.41) is 2.83. The number of carbonyl (C=O) groups is 1. The van der Waals surface area contributed by atoms with E-state index < -0.39 is 5.41 Å². The van der Waals surface area contributed by atoms with Gasteiger partial charge in [-0.3, -0.25) is 4.79 Å². The van der Waals surface area contributed by atoms with Crippen LogP contribution in [0.15, 0.2) is 71.3 Å². The summed E-state index contributed by atoms with van der Waals surface area (Å²) in [5.74, 6) is 0.281. The molecule has 0 aliphatic rings. The van der Waals surface area contributed by atoms with Crippen LogP contribution >= 0.6 is 0 Å². The van der Waals surface area contributed by atoms with Crippen LogP contribution in [-0.2, 0) is 12.0 Å². The van der Waals surface area contributed by atoms with E-state index in [2.05, 4.69) is 5.32 Å². The van der Waals surface area contributed by atoms with Crippen LogP contribution in [0.2, 0.25) is 0 Å². The molecule has 0 atom stereocenters. The van der Waals surface area contributed by atoms with Crippen molar-refractivity contribution in [3.8, 4) is 5.75 Å². The fraction of sp³-hybridized carbons (Fsp3) is 0.227. The zero-order valence-corrected chi connectivity index (χ0v) is 15.4. The highest BCUT2D eigenvalue weighted by Crippen LogP contribution is 2.25. The minimum atomic E-state index is -0.561. The molecule has 0 aliphatic carbocycles. The van der Waals surface area contributed by atoms with Crippen molar-refractivity contribution in [3.05, 3.63) is 89.6 Å². The monoisotopic (exact) mass is 367 g/mol. The number of rotatable bonds is 7. The Morgan fingerprint density at radius 3 is 2.52 bits per heavy atom. The maximum absolute atomic E-state index is 14.1. The summed E-state index contributed by atoms with van der Waals surface area (Å²) < 4.78 is 25.1. The van der Waals surface area contributed by atoms with Gasteiger partial charge in [0.2, 0.25) is 0 Å². The first-order valence-corrected chi connectivity index (χ1v) is 8.75. The Kier molecular flexibility index (Phi) is 5.60. The van der Waals surface area contributed by atoms with Gasteiger partial charge in [-0.05, 0) is 29.8 Å². The second-order valence-electron chi connectivity index (χ2n) is 6.92. The summed E-state index contributed by atoms with van der Waals surface area (Å²) in [6, 6.07) is 17.6. The maximum atomic E-state index is 14.1. The first kappa shape index (κ1) is 18.7. The van der Waals surface area contributed by atoms with Crippen LogP contribution in [0.5, 0.6) is 5.75 Å². The van der Waals surface area contributed by atoms with E-state index in [9.17, 15) is 9.18 Å². The van der Waals surface area contributed by atoms with E-state index in [1.807, 2.05) is 44.2 Å². The minimum Gasteiger partial charge on any atom is -0.489 e. The predicted molar refractivity (Wildman–Crippen MR) is 101 cm³/mol. The summed E-state index contributed by atoms with van der Waals surface area (Å²) in [4.78, 5) is 12.5. The Labute approximate surface area is 158 Å². The van der Waals surface area contributed by atoms with Gasteiger partial charge in [0.25, 0.3) is 5.91 Å². The van der Waals surface area contributed by atoms with Crippen LogP contribution in [0.4, 0.5) is 4.39 Å². The zero-order chi connectivity index (χ0) is 19.3. The highest BCUT2D eigenvalue weighted by Gasteiger charge is 2.26. The summed E-state index contributed by atoms with van der Waals surface area (Å²) in [6.45, 7) is 4.26. The first-order valence-electron chi connectivity index (χ1n) is 8.75. The lowest BCUT2D eigenvalue weighted by molar-refractivity contribution is 0.0914. The normalized spacial score (nSPS) is 11.2. The fourth-order valence-corrected chi connectivity index (χ4v) is 2.81. The number of ether oxygens (including phenoxy) is 1. The van der Waals surface area contributed by atoms with Gasteiger partial charge < -0.3 is 14.5 Å². The van der Waals surface area contributed by atoms with Crippen LogP contribution < -0.4 is 10.1 Å². The van der Waals surface area contributed by atoms with Crippen LogP contribution in [0.25, 0.3) is 0 Å². The van der Waals surface area contributed by atoms with Crippen LogP contribution in [0, 0.1) is 5.82 Å². The molecular weight excluding hydrogens is 345 g/mol. The molecule has 1 amide bonds. The highest BCUT2D eigenvalue weighted by atomic mass is 19.1. The SMILES string of the molecule is CC(C)(CNC(=O)c1occc1COc1ccccc1)c1ccccc1F. The van der Waals surface area contributed by atoms with Crippen molar-refractivity contribution in [1.29, 1.82) is 0 Å². The summed E-state index contributed by atoms with van der Waals surface area (Å²) in [5.41, 5.74) is 0.645. The third kappa shape index (κ3) is 4.56. The summed E-state index contributed by atoms with van der Waals surface area (Å²) >= 11 is 0. The molecule has 4 nitrogen and oxygen atoms in total. The molecule has 3 rings (SSSR count). The van der Waals surface area contributed by atoms with Gasteiger partial charge in [0, 0.05) is 17.5 Å². The number of benzene rings is 2. The number of para-hydroxylation sites is 1. The average molecular weight is 367 g/mol. The van der Waals surface area contributed by atoms with Gasteiger partial charge in [-0.15, -0.1) is 0 Å². The average Bonchev–Trinajstić information content (AvgIpc) is 3.14. The standard InChI is InChI=1S/C22H22FNO3/c1-22(2,18-10-6-7-11-19(18)23)15-24-21(25)20-16(12-13-26-20)14-27-17-8-4-3-5-9-17/h3-13H,14-15H2,1-2H3,(H,24,25). The molecule has 0 saturated carbocycles. The Hall–Kier alpha value is -3.08. The topological polar surface area (TPSA) is 51.5 Å². The van der Waals surface area contributed by atoms with Crippen LogP contribution in [0.1, 0.15) is 35.5 Å². The number of furan rings is 1. The Morgan fingerprint density at radius 2 is 1.78 bits per heavy atom. The minimum absolute atomic E-state index is 0.204. The smallest absolute Gasteiger partial charge is 0.287 e. The molecule has 1 aromatic heterocycles. The highest BCUT2D eigenvalue weighted by molar-refractivity contribution is 5.92. The number of halogens is 1. The van der Waals surface area contributed by atoms with Crippen molar-refractivity contribution in [3.63, 3.8) is 0 Å². The molecule has 0 fully saturated rings.